The number of nitrogens with zero attached hydrogens (tertiary/aromatic N) is 3. The van der Waals surface area contributed by atoms with Crippen molar-refractivity contribution < 1.29 is 5.11 Å². The van der Waals surface area contributed by atoms with E-state index in [9.17, 15) is 5.11 Å². The molecule has 1 N–H and O–H groups in total. The maximum atomic E-state index is 10.4. The van der Waals surface area contributed by atoms with E-state index in [4.69, 9.17) is 0 Å². The minimum absolute atomic E-state index is 0.551. The molecule has 3 aromatic rings. The number of aliphatic hydroxyl groups excluding tert-OH is 1. The van der Waals surface area contributed by atoms with E-state index >= 15 is 0 Å². The van der Waals surface area contributed by atoms with Gasteiger partial charge < -0.3 is 5.11 Å². The summed E-state index contributed by atoms with van der Waals surface area (Å²) in [6, 6.07) is 9.70. The highest BCUT2D eigenvalue weighted by Crippen LogP contribution is 2.23. The van der Waals surface area contributed by atoms with Gasteiger partial charge in [-0.05, 0) is 37.6 Å². The average Bonchev–Trinajstić information content (AvgIpc) is 2.47. The van der Waals surface area contributed by atoms with E-state index in [1.54, 1.807) is 12.4 Å². The van der Waals surface area contributed by atoms with Crippen LogP contribution in [0.4, 0.5) is 0 Å². The molecular formula is C16H15N3O. The standard InChI is InChI=1S/C16H15N3O/c1-10-3-4-12-7-13(5-6-14(12)19-10)16(20)15-9-17-11(2)8-18-15/h3-9,16,20H,1-2H3. The average molecular weight is 265 g/mol. The number of rotatable bonds is 2. The number of hydrogen-bond donors (Lipinski definition) is 1. The van der Waals surface area contributed by atoms with Gasteiger partial charge in [-0.1, -0.05) is 12.1 Å². The van der Waals surface area contributed by atoms with Crippen molar-refractivity contribution in [1.82, 2.24) is 15.0 Å². The second-order valence-electron chi connectivity index (χ2n) is 4.89. The monoisotopic (exact) mass is 265 g/mol. The molecule has 1 unspecified atom stereocenters. The van der Waals surface area contributed by atoms with E-state index in [1.807, 2.05) is 44.2 Å². The van der Waals surface area contributed by atoms with Gasteiger partial charge in [0.2, 0.25) is 0 Å². The van der Waals surface area contributed by atoms with Crippen LogP contribution in [-0.4, -0.2) is 20.1 Å². The molecule has 3 rings (SSSR count). The largest absolute Gasteiger partial charge is 0.382 e. The SMILES string of the molecule is Cc1cnc(C(O)c2ccc3nc(C)ccc3c2)cn1. The summed E-state index contributed by atoms with van der Waals surface area (Å²) >= 11 is 0. The third-order valence-corrected chi connectivity index (χ3v) is 3.25. The zero-order valence-corrected chi connectivity index (χ0v) is 11.4. The Morgan fingerprint density at radius 1 is 0.950 bits per heavy atom. The highest BCUT2D eigenvalue weighted by Gasteiger charge is 2.12. The van der Waals surface area contributed by atoms with Gasteiger partial charge in [0.25, 0.3) is 0 Å². The third kappa shape index (κ3) is 2.38. The lowest BCUT2D eigenvalue weighted by molar-refractivity contribution is 0.215. The zero-order valence-electron chi connectivity index (χ0n) is 11.4. The maximum absolute atomic E-state index is 10.4. The van der Waals surface area contributed by atoms with E-state index in [0.717, 1.165) is 27.9 Å². The first-order valence-corrected chi connectivity index (χ1v) is 6.47. The van der Waals surface area contributed by atoms with Gasteiger partial charge in [-0.15, -0.1) is 0 Å². The van der Waals surface area contributed by atoms with Crippen molar-refractivity contribution in [1.29, 1.82) is 0 Å². The fraction of sp³-hybridized carbons (Fsp3) is 0.188. The summed E-state index contributed by atoms with van der Waals surface area (Å²) in [4.78, 5) is 12.8. The Kier molecular flexibility index (Phi) is 3.16. The normalized spacial score (nSPS) is 12.6. The Morgan fingerprint density at radius 3 is 2.55 bits per heavy atom. The van der Waals surface area contributed by atoms with Crippen molar-refractivity contribution in [2.24, 2.45) is 0 Å². The summed E-state index contributed by atoms with van der Waals surface area (Å²) in [6.45, 7) is 3.83. The van der Waals surface area contributed by atoms with Crippen molar-refractivity contribution in [3.8, 4) is 0 Å². The number of benzene rings is 1. The molecule has 2 heterocycles. The van der Waals surface area contributed by atoms with E-state index in [1.165, 1.54) is 0 Å². The molecule has 0 amide bonds. The Hall–Kier alpha value is -2.33. The molecule has 0 aliphatic rings. The van der Waals surface area contributed by atoms with Crippen LogP contribution in [0.1, 0.15) is 28.7 Å². The first kappa shape index (κ1) is 12.7. The Balaban J connectivity index is 2.01. The number of fused-ring (bicyclic) bond motifs is 1. The van der Waals surface area contributed by atoms with Crippen LogP contribution < -0.4 is 0 Å². The number of pyridine rings is 1. The zero-order chi connectivity index (χ0) is 14.1. The van der Waals surface area contributed by atoms with Crippen molar-refractivity contribution in [2.45, 2.75) is 20.0 Å². The maximum Gasteiger partial charge on any atom is 0.123 e. The molecule has 0 aliphatic carbocycles. The molecule has 0 saturated carbocycles. The molecule has 2 aromatic heterocycles. The number of aliphatic hydroxyl groups is 1. The first-order valence-electron chi connectivity index (χ1n) is 6.47. The lowest BCUT2D eigenvalue weighted by Gasteiger charge is -2.11. The molecule has 20 heavy (non-hydrogen) atoms. The van der Waals surface area contributed by atoms with Crippen molar-refractivity contribution in [2.75, 3.05) is 0 Å². The van der Waals surface area contributed by atoms with Crippen molar-refractivity contribution >= 4 is 10.9 Å². The molecule has 0 fully saturated rings. The van der Waals surface area contributed by atoms with E-state index in [-0.39, 0.29) is 0 Å². The van der Waals surface area contributed by atoms with Crippen LogP contribution in [0.5, 0.6) is 0 Å². The highest BCUT2D eigenvalue weighted by atomic mass is 16.3. The van der Waals surface area contributed by atoms with Gasteiger partial charge in [-0.25, -0.2) is 0 Å². The minimum Gasteiger partial charge on any atom is -0.382 e. The van der Waals surface area contributed by atoms with Crippen molar-refractivity contribution in [3.63, 3.8) is 0 Å². The van der Waals surface area contributed by atoms with Crippen LogP contribution in [0.2, 0.25) is 0 Å². The lowest BCUT2D eigenvalue weighted by Crippen LogP contribution is -2.03. The molecule has 1 aromatic carbocycles. The smallest absolute Gasteiger partial charge is 0.123 e. The van der Waals surface area contributed by atoms with Crippen LogP contribution >= 0.6 is 0 Å². The molecule has 4 heteroatoms. The first-order chi connectivity index (χ1) is 9.63. The van der Waals surface area contributed by atoms with Gasteiger partial charge in [-0.3, -0.25) is 15.0 Å². The summed E-state index contributed by atoms with van der Waals surface area (Å²) in [5.74, 6) is 0. The van der Waals surface area contributed by atoms with Gasteiger partial charge in [0, 0.05) is 17.3 Å². The van der Waals surface area contributed by atoms with Gasteiger partial charge in [-0.2, -0.15) is 0 Å². The van der Waals surface area contributed by atoms with Gasteiger partial charge in [0.05, 0.1) is 23.1 Å². The second kappa shape index (κ2) is 4.98. The van der Waals surface area contributed by atoms with E-state index in [2.05, 4.69) is 15.0 Å². The van der Waals surface area contributed by atoms with E-state index < -0.39 is 6.10 Å². The topological polar surface area (TPSA) is 58.9 Å². The van der Waals surface area contributed by atoms with Crippen LogP contribution in [0.15, 0.2) is 42.7 Å². The lowest BCUT2D eigenvalue weighted by atomic mass is 10.0. The molecule has 0 saturated heterocycles. The van der Waals surface area contributed by atoms with Crippen LogP contribution in [0.25, 0.3) is 10.9 Å². The predicted molar refractivity (Wildman–Crippen MR) is 77.3 cm³/mol. The van der Waals surface area contributed by atoms with Crippen LogP contribution in [0.3, 0.4) is 0 Å². The van der Waals surface area contributed by atoms with Gasteiger partial charge in [0.1, 0.15) is 6.10 Å². The van der Waals surface area contributed by atoms with Crippen LogP contribution in [0, 0.1) is 13.8 Å². The molecule has 0 radical (unpaired) electrons. The van der Waals surface area contributed by atoms with E-state index in [0.29, 0.717) is 5.69 Å². The summed E-state index contributed by atoms with van der Waals surface area (Å²) in [5, 5.41) is 11.4. The number of aromatic nitrogens is 3. The quantitative estimate of drug-likeness (QED) is 0.774. The number of hydrogen-bond acceptors (Lipinski definition) is 4. The molecule has 0 bridgehead atoms. The summed E-state index contributed by atoms with van der Waals surface area (Å²) in [7, 11) is 0. The molecule has 0 aliphatic heterocycles. The summed E-state index contributed by atoms with van der Waals surface area (Å²) < 4.78 is 0. The molecule has 0 spiro atoms. The summed E-state index contributed by atoms with van der Waals surface area (Å²) in [5.41, 5.74) is 4.08. The molecule has 100 valence electrons. The van der Waals surface area contributed by atoms with Crippen LogP contribution in [-0.2, 0) is 0 Å². The van der Waals surface area contributed by atoms with Crippen molar-refractivity contribution in [3.05, 3.63) is 65.4 Å². The number of aryl methyl sites for hydroxylation is 2. The molecular weight excluding hydrogens is 250 g/mol. The Morgan fingerprint density at radius 2 is 1.80 bits per heavy atom. The predicted octanol–water partition coefficient (Wildman–Crippen LogP) is 2.72. The molecule has 1 atom stereocenters. The highest BCUT2D eigenvalue weighted by molar-refractivity contribution is 5.79. The van der Waals surface area contributed by atoms with Gasteiger partial charge >= 0.3 is 0 Å². The molecule has 4 nitrogen and oxygen atoms in total. The summed E-state index contributed by atoms with van der Waals surface area (Å²) in [6.07, 6.45) is 2.50. The fourth-order valence-corrected chi connectivity index (χ4v) is 2.13. The fourth-order valence-electron chi connectivity index (χ4n) is 2.13. The Bertz CT molecular complexity index is 753. The third-order valence-electron chi connectivity index (χ3n) is 3.25. The van der Waals surface area contributed by atoms with Gasteiger partial charge in [0.15, 0.2) is 0 Å². The minimum atomic E-state index is -0.770. The Labute approximate surface area is 117 Å². The second-order valence-corrected chi connectivity index (χ2v) is 4.89.